The minimum Gasteiger partial charge on any atom is -0.286 e. The van der Waals surface area contributed by atoms with E-state index in [9.17, 15) is 20.2 Å². The molecule has 8 heteroatoms. The molecule has 0 atom stereocenters. The van der Waals surface area contributed by atoms with E-state index >= 15 is 0 Å². The van der Waals surface area contributed by atoms with E-state index in [4.69, 9.17) is 5.26 Å². The third kappa shape index (κ3) is 4.00. The van der Waals surface area contributed by atoms with Gasteiger partial charge in [0.05, 0.1) is 28.5 Å². The van der Waals surface area contributed by atoms with Crippen LogP contribution in [0, 0.1) is 31.6 Å². The average molecular weight is 278 g/mol. The Kier molecular flexibility index (Phi) is 5.56. The van der Waals surface area contributed by atoms with Crippen LogP contribution < -0.4 is 0 Å². The lowest BCUT2D eigenvalue weighted by molar-refractivity contribution is -0.394. The molecule has 0 aromatic heterocycles. The molecule has 0 saturated carbocycles. The first-order valence-electron chi connectivity index (χ1n) is 6.00. The minimum absolute atomic E-state index is 0.155. The van der Waals surface area contributed by atoms with E-state index in [1.54, 1.807) is 4.90 Å². The molecule has 0 amide bonds. The summed E-state index contributed by atoms with van der Waals surface area (Å²) < 4.78 is 0. The van der Waals surface area contributed by atoms with Crippen molar-refractivity contribution in [1.29, 1.82) is 5.26 Å². The second-order valence-corrected chi connectivity index (χ2v) is 4.20. The predicted molar refractivity (Wildman–Crippen MR) is 70.9 cm³/mol. The number of non-ortho nitro benzene ring substituents is 1. The molecule has 106 valence electrons. The van der Waals surface area contributed by atoms with Gasteiger partial charge in [-0.25, -0.2) is 0 Å². The number of rotatable bonds is 7. The third-order valence-electron chi connectivity index (χ3n) is 2.70. The van der Waals surface area contributed by atoms with Crippen molar-refractivity contribution in [3.8, 4) is 6.07 Å². The number of benzene rings is 1. The molecular weight excluding hydrogens is 264 g/mol. The van der Waals surface area contributed by atoms with Crippen molar-refractivity contribution in [2.75, 3.05) is 13.1 Å². The first kappa shape index (κ1) is 15.5. The molecule has 1 aromatic carbocycles. The SMILES string of the molecule is CCCN(CC#N)Cc1ccc([N+](=O)[O-])cc1[N+](=O)[O-]. The summed E-state index contributed by atoms with van der Waals surface area (Å²) in [6.45, 7) is 2.94. The molecule has 1 rings (SSSR count). The zero-order chi connectivity index (χ0) is 15.1. The Hall–Kier alpha value is -2.53. The highest BCUT2D eigenvalue weighted by Crippen LogP contribution is 2.25. The van der Waals surface area contributed by atoms with Crippen LogP contribution in [0.2, 0.25) is 0 Å². The fraction of sp³-hybridized carbons (Fsp3) is 0.417. The van der Waals surface area contributed by atoms with Gasteiger partial charge in [0.1, 0.15) is 0 Å². The molecule has 0 aliphatic heterocycles. The number of nitro groups is 2. The van der Waals surface area contributed by atoms with Crippen molar-refractivity contribution < 1.29 is 9.85 Å². The Bertz CT molecular complexity index is 553. The van der Waals surface area contributed by atoms with Gasteiger partial charge in [0.25, 0.3) is 11.4 Å². The molecule has 0 fully saturated rings. The van der Waals surface area contributed by atoms with Gasteiger partial charge < -0.3 is 0 Å². The molecule has 1 aromatic rings. The Morgan fingerprint density at radius 1 is 1.30 bits per heavy atom. The second-order valence-electron chi connectivity index (χ2n) is 4.20. The smallest absolute Gasteiger partial charge is 0.280 e. The zero-order valence-corrected chi connectivity index (χ0v) is 11.0. The number of hydrogen-bond acceptors (Lipinski definition) is 6. The fourth-order valence-electron chi connectivity index (χ4n) is 1.84. The van der Waals surface area contributed by atoms with E-state index in [2.05, 4.69) is 0 Å². The standard InChI is InChI=1S/C12H14N4O4/c1-2-6-14(7-5-13)9-10-3-4-11(15(17)18)8-12(10)16(19)20/h3-4,8H,2,6-7,9H2,1H3. The van der Waals surface area contributed by atoms with E-state index in [0.29, 0.717) is 12.1 Å². The molecule has 0 spiro atoms. The average Bonchev–Trinajstić information content (AvgIpc) is 2.39. The van der Waals surface area contributed by atoms with Crippen LogP contribution in [-0.2, 0) is 6.54 Å². The molecule has 0 aliphatic carbocycles. The van der Waals surface area contributed by atoms with Gasteiger partial charge in [0.2, 0.25) is 0 Å². The molecule has 0 saturated heterocycles. The number of nitrogens with zero attached hydrogens (tertiary/aromatic N) is 4. The van der Waals surface area contributed by atoms with Gasteiger partial charge in [-0.15, -0.1) is 0 Å². The Morgan fingerprint density at radius 3 is 2.50 bits per heavy atom. The fourth-order valence-corrected chi connectivity index (χ4v) is 1.84. The number of nitriles is 1. The molecule has 0 heterocycles. The molecule has 0 radical (unpaired) electrons. The normalized spacial score (nSPS) is 10.2. The van der Waals surface area contributed by atoms with Gasteiger partial charge in [-0.1, -0.05) is 6.92 Å². The summed E-state index contributed by atoms with van der Waals surface area (Å²) in [6, 6.07) is 5.56. The van der Waals surface area contributed by atoms with Gasteiger partial charge in [0.15, 0.2) is 0 Å². The van der Waals surface area contributed by atoms with Crippen molar-refractivity contribution in [2.45, 2.75) is 19.9 Å². The van der Waals surface area contributed by atoms with Gasteiger partial charge in [-0.2, -0.15) is 5.26 Å². The maximum atomic E-state index is 11.0. The summed E-state index contributed by atoms with van der Waals surface area (Å²) in [4.78, 5) is 22.1. The Labute approximate surface area is 115 Å². The first-order chi connectivity index (χ1) is 9.49. The van der Waals surface area contributed by atoms with E-state index in [1.807, 2.05) is 13.0 Å². The van der Waals surface area contributed by atoms with E-state index in [-0.39, 0.29) is 24.5 Å². The van der Waals surface area contributed by atoms with E-state index < -0.39 is 9.85 Å². The van der Waals surface area contributed by atoms with Crippen molar-refractivity contribution >= 4 is 11.4 Å². The quantitative estimate of drug-likeness (QED) is 0.429. The maximum absolute atomic E-state index is 11.0. The third-order valence-corrected chi connectivity index (χ3v) is 2.70. The van der Waals surface area contributed by atoms with Crippen LogP contribution in [0.4, 0.5) is 11.4 Å². The molecule has 0 bridgehead atoms. The van der Waals surface area contributed by atoms with Crippen molar-refractivity contribution in [3.05, 3.63) is 44.0 Å². The van der Waals surface area contributed by atoms with Crippen LogP contribution in [-0.4, -0.2) is 27.8 Å². The highest BCUT2D eigenvalue weighted by molar-refractivity contribution is 5.49. The number of hydrogen-bond donors (Lipinski definition) is 0. The monoisotopic (exact) mass is 278 g/mol. The molecular formula is C12H14N4O4. The van der Waals surface area contributed by atoms with Crippen molar-refractivity contribution in [2.24, 2.45) is 0 Å². The van der Waals surface area contributed by atoms with Crippen LogP contribution in [0.5, 0.6) is 0 Å². The Balaban J connectivity index is 3.07. The zero-order valence-electron chi connectivity index (χ0n) is 11.0. The van der Waals surface area contributed by atoms with E-state index in [1.165, 1.54) is 12.1 Å². The molecule has 0 aliphatic rings. The van der Waals surface area contributed by atoms with Gasteiger partial charge in [0, 0.05) is 18.2 Å². The van der Waals surface area contributed by atoms with Crippen LogP contribution >= 0.6 is 0 Å². The maximum Gasteiger partial charge on any atom is 0.280 e. The summed E-state index contributed by atoms with van der Waals surface area (Å²) in [5, 5.41) is 30.4. The summed E-state index contributed by atoms with van der Waals surface area (Å²) in [7, 11) is 0. The van der Waals surface area contributed by atoms with Crippen molar-refractivity contribution in [1.82, 2.24) is 4.90 Å². The van der Waals surface area contributed by atoms with Gasteiger partial charge >= 0.3 is 0 Å². The van der Waals surface area contributed by atoms with Crippen LogP contribution in [0.1, 0.15) is 18.9 Å². The lowest BCUT2D eigenvalue weighted by Gasteiger charge is -2.17. The molecule has 0 N–H and O–H groups in total. The lowest BCUT2D eigenvalue weighted by Crippen LogP contribution is -2.24. The van der Waals surface area contributed by atoms with Crippen LogP contribution in [0.25, 0.3) is 0 Å². The first-order valence-corrected chi connectivity index (χ1v) is 6.00. The van der Waals surface area contributed by atoms with Crippen LogP contribution in [0.15, 0.2) is 18.2 Å². The van der Waals surface area contributed by atoms with Gasteiger partial charge in [-0.3, -0.25) is 25.1 Å². The van der Waals surface area contributed by atoms with E-state index in [0.717, 1.165) is 12.5 Å². The second kappa shape index (κ2) is 7.16. The summed E-state index contributed by atoms with van der Waals surface area (Å²) >= 11 is 0. The van der Waals surface area contributed by atoms with Crippen LogP contribution in [0.3, 0.4) is 0 Å². The Morgan fingerprint density at radius 2 is 2.00 bits per heavy atom. The highest BCUT2D eigenvalue weighted by atomic mass is 16.6. The summed E-state index contributed by atoms with van der Waals surface area (Å²) in [5.74, 6) is 0. The highest BCUT2D eigenvalue weighted by Gasteiger charge is 2.20. The predicted octanol–water partition coefficient (Wildman–Crippen LogP) is 2.24. The van der Waals surface area contributed by atoms with Crippen molar-refractivity contribution in [3.63, 3.8) is 0 Å². The molecule has 20 heavy (non-hydrogen) atoms. The minimum atomic E-state index is -0.671. The molecule has 8 nitrogen and oxygen atoms in total. The lowest BCUT2D eigenvalue weighted by atomic mass is 10.1. The topological polar surface area (TPSA) is 113 Å². The number of nitro benzene ring substituents is 2. The molecule has 0 unspecified atom stereocenters. The summed E-state index contributed by atoms with van der Waals surface area (Å²) in [6.07, 6.45) is 0.808. The summed E-state index contributed by atoms with van der Waals surface area (Å²) in [5.41, 5.74) is -0.245. The largest absolute Gasteiger partial charge is 0.286 e. The van der Waals surface area contributed by atoms with Gasteiger partial charge in [-0.05, 0) is 19.0 Å².